The molecule has 4 nitrogen and oxygen atoms in total. The number of carbonyl (C=O) groups is 1. The number of carboxylic acid groups (broad SMARTS) is 1. The topological polar surface area (TPSA) is 55.8 Å². The van der Waals surface area contributed by atoms with Gasteiger partial charge in [-0.25, -0.2) is 0 Å². The van der Waals surface area contributed by atoms with Crippen molar-refractivity contribution < 1.29 is 19.4 Å². The third kappa shape index (κ3) is 1.96. The van der Waals surface area contributed by atoms with E-state index in [1.165, 1.54) is 0 Å². The minimum atomic E-state index is -0.826. The summed E-state index contributed by atoms with van der Waals surface area (Å²) in [5.41, 5.74) is 1.17. The van der Waals surface area contributed by atoms with E-state index in [-0.39, 0.29) is 12.2 Å². The zero-order chi connectivity index (χ0) is 14.6. The molecule has 0 spiro atoms. The highest BCUT2D eigenvalue weighted by Crippen LogP contribution is 2.51. The molecule has 0 radical (unpaired) electrons. The first kappa shape index (κ1) is 13.4. The Morgan fingerprint density at radius 2 is 2.29 bits per heavy atom. The number of fused-ring (bicyclic) bond motifs is 3. The van der Waals surface area contributed by atoms with Crippen LogP contribution >= 0.6 is 11.6 Å². The maximum absolute atomic E-state index is 11.9. The van der Waals surface area contributed by atoms with Crippen LogP contribution in [0, 0.1) is 5.41 Å². The number of rotatable bonds is 3. The van der Waals surface area contributed by atoms with Crippen molar-refractivity contribution in [3.05, 3.63) is 28.3 Å². The van der Waals surface area contributed by atoms with Gasteiger partial charge in [-0.3, -0.25) is 4.79 Å². The zero-order valence-electron chi connectivity index (χ0n) is 11.6. The van der Waals surface area contributed by atoms with E-state index >= 15 is 0 Å². The van der Waals surface area contributed by atoms with E-state index in [1.54, 1.807) is 0 Å². The summed E-state index contributed by atoms with van der Waals surface area (Å²) in [6.45, 7) is 0.644. The van der Waals surface area contributed by atoms with Crippen molar-refractivity contribution in [2.45, 2.75) is 44.3 Å². The molecule has 3 aliphatic heterocycles. The Morgan fingerprint density at radius 3 is 2.95 bits per heavy atom. The third-order valence-electron chi connectivity index (χ3n) is 5.07. The van der Waals surface area contributed by atoms with Crippen LogP contribution in [0.3, 0.4) is 0 Å². The molecule has 3 atom stereocenters. The SMILES string of the molecule is O=C(O)C1(Cc2cc(Cl)cc3c2OCC3)CC2CCC1O2. The van der Waals surface area contributed by atoms with Gasteiger partial charge < -0.3 is 14.6 Å². The Kier molecular flexibility index (Phi) is 2.95. The molecule has 3 unspecified atom stereocenters. The second-order valence-electron chi connectivity index (χ2n) is 6.32. The second kappa shape index (κ2) is 4.62. The molecule has 3 aliphatic rings. The smallest absolute Gasteiger partial charge is 0.312 e. The monoisotopic (exact) mass is 308 g/mol. The Bertz CT molecular complexity index is 615. The molecule has 1 aromatic rings. The molecule has 0 aliphatic carbocycles. The van der Waals surface area contributed by atoms with Crippen LogP contribution in [0.4, 0.5) is 0 Å². The Labute approximate surface area is 128 Å². The molecule has 0 saturated carbocycles. The molecule has 112 valence electrons. The highest BCUT2D eigenvalue weighted by atomic mass is 35.5. The second-order valence-corrected chi connectivity index (χ2v) is 6.75. The average Bonchev–Trinajstić information content (AvgIpc) is 3.12. The van der Waals surface area contributed by atoms with Gasteiger partial charge in [-0.15, -0.1) is 0 Å². The van der Waals surface area contributed by atoms with E-state index < -0.39 is 11.4 Å². The van der Waals surface area contributed by atoms with E-state index in [2.05, 4.69) is 0 Å². The molecule has 0 aromatic heterocycles. The van der Waals surface area contributed by atoms with E-state index in [9.17, 15) is 9.90 Å². The van der Waals surface area contributed by atoms with Gasteiger partial charge in [-0.05, 0) is 48.9 Å². The number of halogens is 1. The number of hydrogen-bond acceptors (Lipinski definition) is 3. The van der Waals surface area contributed by atoms with Crippen LogP contribution in [0.5, 0.6) is 5.75 Å². The fraction of sp³-hybridized carbons (Fsp3) is 0.562. The highest BCUT2D eigenvalue weighted by molar-refractivity contribution is 6.30. The lowest BCUT2D eigenvalue weighted by molar-refractivity contribution is -0.152. The number of ether oxygens (including phenoxy) is 2. The summed E-state index contributed by atoms with van der Waals surface area (Å²) in [6, 6.07) is 3.76. The molecule has 2 fully saturated rings. The summed E-state index contributed by atoms with van der Waals surface area (Å²) in [5.74, 6) is 0.0734. The van der Waals surface area contributed by atoms with Gasteiger partial charge in [0.25, 0.3) is 0 Å². The average molecular weight is 309 g/mol. The highest BCUT2D eigenvalue weighted by Gasteiger charge is 2.57. The summed E-state index contributed by atoms with van der Waals surface area (Å²) >= 11 is 6.18. The third-order valence-corrected chi connectivity index (χ3v) is 5.29. The number of aliphatic carboxylic acids is 1. The van der Waals surface area contributed by atoms with Crippen LogP contribution < -0.4 is 4.74 Å². The maximum Gasteiger partial charge on any atom is 0.312 e. The molecule has 21 heavy (non-hydrogen) atoms. The first-order valence-electron chi connectivity index (χ1n) is 7.41. The van der Waals surface area contributed by atoms with Gasteiger partial charge >= 0.3 is 5.97 Å². The van der Waals surface area contributed by atoms with Crippen molar-refractivity contribution in [3.8, 4) is 5.75 Å². The van der Waals surface area contributed by atoms with Gasteiger partial charge in [0, 0.05) is 11.4 Å². The lowest BCUT2D eigenvalue weighted by atomic mass is 9.70. The van der Waals surface area contributed by atoms with Gasteiger partial charge in [0.05, 0.1) is 18.8 Å². The Morgan fingerprint density at radius 1 is 1.43 bits per heavy atom. The van der Waals surface area contributed by atoms with E-state index in [0.29, 0.717) is 24.5 Å². The van der Waals surface area contributed by atoms with Crippen LogP contribution in [0.2, 0.25) is 5.02 Å². The predicted octanol–water partition coefficient (Wildman–Crippen LogP) is 2.84. The van der Waals surface area contributed by atoms with Gasteiger partial charge in [-0.1, -0.05) is 11.6 Å². The quantitative estimate of drug-likeness (QED) is 0.933. The van der Waals surface area contributed by atoms with Crippen molar-refractivity contribution in [2.24, 2.45) is 5.41 Å². The molecule has 3 heterocycles. The first-order chi connectivity index (χ1) is 10.1. The van der Waals surface area contributed by atoms with Crippen LogP contribution in [-0.2, 0) is 22.4 Å². The minimum absolute atomic E-state index is 0.0965. The predicted molar refractivity (Wildman–Crippen MR) is 76.9 cm³/mol. The van der Waals surface area contributed by atoms with Crippen LogP contribution in [0.25, 0.3) is 0 Å². The summed E-state index contributed by atoms with van der Waals surface area (Å²) < 4.78 is 11.5. The van der Waals surface area contributed by atoms with Gasteiger partial charge in [-0.2, -0.15) is 0 Å². The van der Waals surface area contributed by atoms with Crippen molar-refractivity contribution in [1.29, 1.82) is 0 Å². The van der Waals surface area contributed by atoms with Gasteiger partial charge in [0.15, 0.2) is 0 Å². The number of benzene rings is 1. The normalized spacial score (nSPS) is 33.0. The van der Waals surface area contributed by atoms with Crippen molar-refractivity contribution in [3.63, 3.8) is 0 Å². The van der Waals surface area contributed by atoms with E-state index in [4.69, 9.17) is 21.1 Å². The van der Waals surface area contributed by atoms with Crippen LogP contribution in [0.1, 0.15) is 30.4 Å². The van der Waals surface area contributed by atoms with Gasteiger partial charge in [0.1, 0.15) is 11.2 Å². The first-order valence-corrected chi connectivity index (χ1v) is 7.79. The lowest BCUT2D eigenvalue weighted by Crippen LogP contribution is -2.42. The summed E-state index contributed by atoms with van der Waals surface area (Å²) in [6.07, 6.45) is 3.59. The molecular formula is C16H17ClO4. The van der Waals surface area contributed by atoms with E-state index in [0.717, 1.165) is 36.1 Å². The van der Waals surface area contributed by atoms with Gasteiger partial charge in [0.2, 0.25) is 0 Å². The fourth-order valence-corrected chi connectivity index (χ4v) is 4.37. The van der Waals surface area contributed by atoms with Crippen molar-refractivity contribution >= 4 is 17.6 Å². The molecule has 2 saturated heterocycles. The van der Waals surface area contributed by atoms with Crippen LogP contribution in [0.15, 0.2) is 12.1 Å². The number of hydrogen-bond donors (Lipinski definition) is 1. The van der Waals surface area contributed by atoms with E-state index in [1.807, 2.05) is 12.1 Å². The largest absolute Gasteiger partial charge is 0.493 e. The standard InChI is InChI=1S/C16H17ClO4/c17-11-5-9-3-4-20-14(9)10(6-11)7-16(15(18)19)8-12-1-2-13(16)21-12/h5-6,12-13H,1-4,7-8H2,(H,18,19). The lowest BCUT2D eigenvalue weighted by Gasteiger charge is -2.31. The van der Waals surface area contributed by atoms with Crippen LogP contribution in [-0.4, -0.2) is 29.9 Å². The Hall–Kier alpha value is -1.26. The summed E-state index contributed by atoms with van der Waals surface area (Å²) in [4.78, 5) is 11.9. The molecule has 2 bridgehead atoms. The van der Waals surface area contributed by atoms with Crippen molar-refractivity contribution in [2.75, 3.05) is 6.61 Å². The number of carboxylic acids is 1. The zero-order valence-corrected chi connectivity index (χ0v) is 12.4. The molecule has 5 heteroatoms. The molecule has 1 aromatic carbocycles. The minimum Gasteiger partial charge on any atom is -0.493 e. The Balaban J connectivity index is 1.73. The summed E-state index contributed by atoms with van der Waals surface area (Å²) in [5, 5.41) is 10.5. The maximum atomic E-state index is 11.9. The molecular weight excluding hydrogens is 292 g/mol. The van der Waals surface area contributed by atoms with Crippen molar-refractivity contribution in [1.82, 2.24) is 0 Å². The molecule has 1 N–H and O–H groups in total. The molecule has 0 amide bonds. The molecule has 4 rings (SSSR count). The fourth-order valence-electron chi connectivity index (χ4n) is 4.10. The summed E-state index contributed by atoms with van der Waals surface area (Å²) in [7, 11) is 0.